The predicted octanol–water partition coefficient (Wildman–Crippen LogP) is 4.51. The number of hydrogen-bond donors (Lipinski definition) is 2. The highest BCUT2D eigenvalue weighted by molar-refractivity contribution is 6.30. The van der Waals surface area contributed by atoms with Gasteiger partial charge in [-0.2, -0.15) is 0 Å². The standard InChI is InChI=1S/C23H25ClN2O5/c1-4-17-20(22(27)30-5-2)21(26-23(28)25-17)15-8-11-18(19(12-15)29-3)31-13-14-6-9-16(24)10-7-14/h6-12,21H,4-5,13H2,1-3H3,(H2,25,26,28). The van der Waals surface area contributed by atoms with Gasteiger partial charge in [0.05, 0.1) is 25.3 Å². The van der Waals surface area contributed by atoms with Crippen LogP contribution >= 0.6 is 11.6 Å². The number of amides is 2. The second kappa shape index (κ2) is 10.2. The van der Waals surface area contributed by atoms with Crippen molar-refractivity contribution in [1.29, 1.82) is 0 Å². The maximum atomic E-state index is 12.6. The van der Waals surface area contributed by atoms with E-state index in [-0.39, 0.29) is 12.6 Å². The summed E-state index contributed by atoms with van der Waals surface area (Å²) in [6, 6.07) is 11.6. The molecule has 1 unspecified atom stereocenters. The molecule has 0 radical (unpaired) electrons. The van der Waals surface area contributed by atoms with Crippen LogP contribution in [0.25, 0.3) is 0 Å². The van der Waals surface area contributed by atoms with Gasteiger partial charge in [0.1, 0.15) is 6.61 Å². The summed E-state index contributed by atoms with van der Waals surface area (Å²) in [5.74, 6) is 0.554. The number of hydrogen-bond acceptors (Lipinski definition) is 5. The first-order valence-electron chi connectivity index (χ1n) is 9.99. The van der Waals surface area contributed by atoms with E-state index in [0.29, 0.717) is 46.4 Å². The van der Waals surface area contributed by atoms with Crippen molar-refractivity contribution in [2.75, 3.05) is 13.7 Å². The fourth-order valence-corrected chi connectivity index (χ4v) is 3.45. The molecule has 0 fully saturated rings. The van der Waals surface area contributed by atoms with Crippen LogP contribution in [-0.2, 0) is 16.1 Å². The molecule has 1 aliphatic rings. The summed E-state index contributed by atoms with van der Waals surface area (Å²) in [5, 5.41) is 6.16. The molecule has 164 valence electrons. The number of nitrogens with one attached hydrogen (secondary N) is 2. The normalized spacial score (nSPS) is 15.7. The van der Waals surface area contributed by atoms with Crippen molar-refractivity contribution < 1.29 is 23.8 Å². The van der Waals surface area contributed by atoms with Crippen LogP contribution in [0.15, 0.2) is 53.7 Å². The number of carbonyl (C=O) groups excluding carboxylic acids is 2. The summed E-state index contributed by atoms with van der Waals surface area (Å²) < 4.78 is 16.6. The number of benzene rings is 2. The molecule has 0 saturated heterocycles. The van der Waals surface area contributed by atoms with E-state index in [4.69, 9.17) is 25.8 Å². The minimum Gasteiger partial charge on any atom is -0.493 e. The topological polar surface area (TPSA) is 85.9 Å². The number of methoxy groups -OCH3 is 1. The van der Waals surface area contributed by atoms with Gasteiger partial charge in [-0.15, -0.1) is 0 Å². The quantitative estimate of drug-likeness (QED) is 0.585. The van der Waals surface area contributed by atoms with Crippen LogP contribution in [0.1, 0.15) is 37.4 Å². The molecular weight excluding hydrogens is 420 g/mol. The van der Waals surface area contributed by atoms with Gasteiger partial charge in [-0.05, 0) is 48.7 Å². The minimum absolute atomic E-state index is 0.237. The van der Waals surface area contributed by atoms with Crippen molar-refractivity contribution in [1.82, 2.24) is 10.6 Å². The Morgan fingerprint density at radius 1 is 1.10 bits per heavy atom. The SMILES string of the molecule is CCOC(=O)C1=C(CC)NC(=O)NC1c1ccc(OCc2ccc(Cl)cc2)c(OC)c1. The number of urea groups is 1. The molecule has 1 heterocycles. The van der Waals surface area contributed by atoms with Gasteiger partial charge in [0.25, 0.3) is 0 Å². The number of halogens is 1. The fraction of sp³-hybridized carbons (Fsp3) is 0.304. The van der Waals surface area contributed by atoms with Gasteiger partial charge >= 0.3 is 12.0 Å². The second-order valence-electron chi connectivity index (χ2n) is 6.82. The summed E-state index contributed by atoms with van der Waals surface area (Å²) in [6.45, 7) is 4.18. The van der Waals surface area contributed by atoms with Crippen LogP contribution < -0.4 is 20.1 Å². The van der Waals surface area contributed by atoms with Crippen LogP contribution in [0.3, 0.4) is 0 Å². The Morgan fingerprint density at radius 3 is 2.48 bits per heavy atom. The van der Waals surface area contributed by atoms with Crippen LogP contribution in [0.5, 0.6) is 11.5 Å². The molecule has 8 heteroatoms. The molecule has 3 rings (SSSR count). The van der Waals surface area contributed by atoms with Gasteiger partial charge < -0.3 is 24.8 Å². The summed E-state index contributed by atoms with van der Waals surface area (Å²) >= 11 is 5.92. The molecule has 0 saturated carbocycles. The van der Waals surface area contributed by atoms with E-state index in [1.54, 1.807) is 37.3 Å². The molecule has 7 nitrogen and oxygen atoms in total. The monoisotopic (exact) mass is 444 g/mol. The van der Waals surface area contributed by atoms with E-state index in [9.17, 15) is 9.59 Å². The molecule has 1 atom stereocenters. The summed E-state index contributed by atoms with van der Waals surface area (Å²) in [4.78, 5) is 24.8. The van der Waals surface area contributed by atoms with Crippen molar-refractivity contribution in [2.45, 2.75) is 32.9 Å². The van der Waals surface area contributed by atoms with Gasteiger partial charge in [-0.3, -0.25) is 0 Å². The number of esters is 1. The van der Waals surface area contributed by atoms with Crippen LogP contribution in [0.2, 0.25) is 5.02 Å². The van der Waals surface area contributed by atoms with E-state index in [2.05, 4.69) is 10.6 Å². The number of allylic oxidation sites excluding steroid dienone is 1. The highest BCUT2D eigenvalue weighted by Gasteiger charge is 2.33. The van der Waals surface area contributed by atoms with E-state index in [1.807, 2.05) is 19.1 Å². The van der Waals surface area contributed by atoms with Crippen molar-refractivity contribution in [3.63, 3.8) is 0 Å². The first-order valence-corrected chi connectivity index (χ1v) is 10.4. The largest absolute Gasteiger partial charge is 0.493 e. The maximum Gasteiger partial charge on any atom is 0.338 e. The van der Waals surface area contributed by atoms with Gasteiger partial charge in [0, 0.05) is 10.7 Å². The third-order valence-corrected chi connectivity index (χ3v) is 5.08. The molecule has 0 aliphatic carbocycles. The zero-order chi connectivity index (χ0) is 22.4. The Kier molecular flexibility index (Phi) is 7.41. The lowest BCUT2D eigenvalue weighted by Crippen LogP contribution is -2.45. The molecule has 1 aliphatic heterocycles. The third-order valence-electron chi connectivity index (χ3n) is 4.83. The molecule has 2 aromatic carbocycles. The second-order valence-corrected chi connectivity index (χ2v) is 7.26. The molecule has 0 aromatic heterocycles. The van der Waals surface area contributed by atoms with Crippen LogP contribution in [0, 0.1) is 0 Å². The van der Waals surface area contributed by atoms with E-state index < -0.39 is 12.0 Å². The Bertz CT molecular complexity index is 988. The minimum atomic E-state index is -0.665. The number of carbonyl (C=O) groups is 2. The Morgan fingerprint density at radius 2 is 1.84 bits per heavy atom. The Hall–Kier alpha value is -3.19. The van der Waals surface area contributed by atoms with Gasteiger partial charge in [0.15, 0.2) is 11.5 Å². The molecule has 2 N–H and O–H groups in total. The van der Waals surface area contributed by atoms with Gasteiger partial charge in [-0.25, -0.2) is 9.59 Å². The Labute approximate surface area is 186 Å². The van der Waals surface area contributed by atoms with E-state index >= 15 is 0 Å². The maximum absolute atomic E-state index is 12.6. The number of rotatable bonds is 8. The zero-order valence-corrected chi connectivity index (χ0v) is 18.4. The highest BCUT2D eigenvalue weighted by Crippen LogP contribution is 2.35. The lowest BCUT2D eigenvalue weighted by atomic mass is 9.94. The Balaban J connectivity index is 1.89. The van der Waals surface area contributed by atoms with Gasteiger partial charge in [-0.1, -0.05) is 36.7 Å². The molecule has 2 aromatic rings. The highest BCUT2D eigenvalue weighted by atomic mass is 35.5. The average molecular weight is 445 g/mol. The summed E-state index contributed by atoms with van der Waals surface area (Å²) in [6.07, 6.45) is 0.484. The molecule has 2 amide bonds. The average Bonchev–Trinajstić information content (AvgIpc) is 2.78. The van der Waals surface area contributed by atoms with Crippen molar-refractivity contribution in [3.05, 3.63) is 69.9 Å². The van der Waals surface area contributed by atoms with Crippen molar-refractivity contribution in [2.24, 2.45) is 0 Å². The van der Waals surface area contributed by atoms with Crippen molar-refractivity contribution in [3.8, 4) is 11.5 Å². The van der Waals surface area contributed by atoms with Gasteiger partial charge in [0.2, 0.25) is 0 Å². The number of ether oxygens (including phenoxy) is 3. The first-order chi connectivity index (χ1) is 15.0. The third kappa shape index (κ3) is 5.30. The lowest BCUT2D eigenvalue weighted by molar-refractivity contribution is -0.139. The molecule has 0 spiro atoms. The van der Waals surface area contributed by atoms with E-state index in [1.165, 1.54) is 7.11 Å². The summed E-state index contributed by atoms with van der Waals surface area (Å²) in [7, 11) is 1.54. The zero-order valence-electron chi connectivity index (χ0n) is 17.7. The predicted molar refractivity (Wildman–Crippen MR) is 117 cm³/mol. The van der Waals surface area contributed by atoms with Crippen LogP contribution in [0.4, 0.5) is 4.79 Å². The van der Waals surface area contributed by atoms with Crippen molar-refractivity contribution >= 4 is 23.6 Å². The lowest BCUT2D eigenvalue weighted by Gasteiger charge is -2.29. The molecule has 0 bridgehead atoms. The van der Waals surface area contributed by atoms with E-state index in [0.717, 1.165) is 5.56 Å². The fourth-order valence-electron chi connectivity index (χ4n) is 3.32. The first kappa shape index (κ1) is 22.5. The van der Waals surface area contributed by atoms with Crippen LogP contribution in [-0.4, -0.2) is 25.7 Å². The smallest absolute Gasteiger partial charge is 0.338 e. The molecule has 31 heavy (non-hydrogen) atoms. The summed E-state index contributed by atoms with van der Waals surface area (Å²) in [5.41, 5.74) is 2.55. The molecular formula is C23H25ClN2O5.